The molecule has 1 unspecified atom stereocenters. The second-order valence-corrected chi connectivity index (χ2v) is 5.81. The molecule has 1 fully saturated rings. The van der Waals surface area contributed by atoms with Crippen LogP contribution in [0, 0.1) is 0 Å². The minimum absolute atomic E-state index is 0.108. The molecule has 0 amide bonds. The van der Waals surface area contributed by atoms with Gasteiger partial charge in [0.05, 0.1) is 0 Å². The molecule has 2 aromatic carbocycles. The van der Waals surface area contributed by atoms with Crippen molar-refractivity contribution in [3.8, 4) is 0 Å². The van der Waals surface area contributed by atoms with E-state index in [0.717, 1.165) is 24.3 Å². The number of hydrogen-bond donors (Lipinski definition) is 1. The predicted octanol–water partition coefficient (Wildman–Crippen LogP) is 3.78. The lowest BCUT2D eigenvalue weighted by Crippen LogP contribution is -2.43. The minimum Gasteiger partial charge on any atom is -0.337 e. The second kappa shape index (κ2) is 6.75. The molecule has 3 rings (SSSR count). The van der Waals surface area contributed by atoms with Crippen molar-refractivity contribution in [2.75, 3.05) is 18.0 Å². The summed E-state index contributed by atoms with van der Waals surface area (Å²) in [5, 5.41) is 3.49. The van der Waals surface area contributed by atoms with Crippen LogP contribution in [0.1, 0.15) is 30.1 Å². The van der Waals surface area contributed by atoms with Gasteiger partial charge in [-0.15, -0.1) is 0 Å². The molecule has 3 heteroatoms. The van der Waals surface area contributed by atoms with Crippen molar-refractivity contribution < 1.29 is 4.79 Å². The molecule has 0 aromatic heterocycles. The van der Waals surface area contributed by atoms with Gasteiger partial charge in [0.15, 0.2) is 5.78 Å². The first-order chi connectivity index (χ1) is 10.8. The summed E-state index contributed by atoms with van der Waals surface area (Å²) < 4.78 is 0. The molecule has 0 saturated carbocycles. The van der Waals surface area contributed by atoms with Crippen molar-refractivity contribution in [1.82, 2.24) is 5.32 Å². The molecule has 0 radical (unpaired) electrons. The van der Waals surface area contributed by atoms with Crippen LogP contribution in [-0.4, -0.2) is 24.9 Å². The Kier molecular flexibility index (Phi) is 4.54. The Morgan fingerprint density at radius 1 is 1.05 bits per heavy atom. The molecule has 0 bridgehead atoms. The number of nitrogens with one attached hydrogen (secondary N) is 1. The van der Waals surface area contributed by atoms with Crippen LogP contribution >= 0.6 is 0 Å². The van der Waals surface area contributed by atoms with Crippen molar-refractivity contribution >= 4 is 17.2 Å². The van der Waals surface area contributed by atoms with E-state index in [1.165, 1.54) is 18.5 Å². The van der Waals surface area contributed by atoms with E-state index < -0.39 is 0 Å². The Hall–Kier alpha value is -2.13. The van der Waals surface area contributed by atoms with Gasteiger partial charge in [0.1, 0.15) is 0 Å². The van der Waals surface area contributed by atoms with Gasteiger partial charge in [0, 0.05) is 29.5 Å². The maximum atomic E-state index is 11.5. The highest BCUT2D eigenvalue weighted by Gasteiger charge is 2.22. The maximum absolute atomic E-state index is 11.5. The van der Waals surface area contributed by atoms with Gasteiger partial charge in [0.2, 0.25) is 0 Å². The fraction of sp³-hybridized carbons (Fsp3) is 0.316. The Balaban J connectivity index is 1.95. The van der Waals surface area contributed by atoms with Gasteiger partial charge in [-0.05, 0) is 62.7 Å². The van der Waals surface area contributed by atoms with E-state index in [1.807, 2.05) is 18.2 Å². The van der Waals surface area contributed by atoms with E-state index in [9.17, 15) is 4.79 Å². The maximum Gasteiger partial charge on any atom is 0.159 e. The van der Waals surface area contributed by atoms with Crippen LogP contribution in [0.2, 0.25) is 0 Å². The van der Waals surface area contributed by atoms with Crippen LogP contribution in [0.4, 0.5) is 11.4 Å². The normalized spacial score (nSPS) is 18.0. The van der Waals surface area contributed by atoms with Crippen LogP contribution in [0.15, 0.2) is 54.6 Å². The topological polar surface area (TPSA) is 32.3 Å². The summed E-state index contributed by atoms with van der Waals surface area (Å²) in [6.07, 6.45) is 2.37. The van der Waals surface area contributed by atoms with E-state index in [1.54, 1.807) is 6.92 Å². The molecule has 3 nitrogen and oxygen atoms in total. The first-order valence-electron chi connectivity index (χ1n) is 7.92. The van der Waals surface area contributed by atoms with Gasteiger partial charge in [-0.3, -0.25) is 4.79 Å². The van der Waals surface area contributed by atoms with Crippen LogP contribution in [-0.2, 0) is 0 Å². The molecule has 22 heavy (non-hydrogen) atoms. The average Bonchev–Trinajstić information content (AvgIpc) is 2.57. The van der Waals surface area contributed by atoms with E-state index in [4.69, 9.17) is 0 Å². The summed E-state index contributed by atoms with van der Waals surface area (Å²) in [6, 6.07) is 18.9. The third-order valence-corrected chi connectivity index (χ3v) is 4.22. The fourth-order valence-corrected chi connectivity index (χ4v) is 3.07. The molecule has 1 aliphatic rings. The molecule has 1 heterocycles. The molecule has 0 aliphatic carbocycles. The Morgan fingerprint density at radius 2 is 1.73 bits per heavy atom. The van der Waals surface area contributed by atoms with Gasteiger partial charge in [-0.1, -0.05) is 18.2 Å². The highest BCUT2D eigenvalue weighted by molar-refractivity contribution is 5.94. The zero-order chi connectivity index (χ0) is 15.4. The Morgan fingerprint density at radius 3 is 2.32 bits per heavy atom. The first-order valence-corrected chi connectivity index (χ1v) is 7.92. The van der Waals surface area contributed by atoms with Gasteiger partial charge < -0.3 is 10.2 Å². The van der Waals surface area contributed by atoms with Crippen LogP contribution < -0.4 is 10.2 Å². The average molecular weight is 294 g/mol. The lowest BCUT2D eigenvalue weighted by atomic mass is 10.0. The number of rotatable bonds is 4. The van der Waals surface area contributed by atoms with Crippen molar-refractivity contribution in [2.45, 2.75) is 25.8 Å². The smallest absolute Gasteiger partial charge is 0.159 e. The van der Waals surface area contributed by atoms with Crippen molar-refractivity contribution in [2.24, 2.45) is 0 Å². The Labute approximate surface area is 132 Å². The number of benzene rings is 2. The number of piperidine rings is 1. The molecule has 1 aliphatic heterocycles. The van der Waals surface area contributed by atoms with Crippen LogP contribution in [0.5, 0.6) is 0 Å². The second-order valence-electron chi connectivity index (χ2n) is 5.81. The third kappa shape index (κ3) is 3.20. The number of carbonyl (C=O) groups is 1. The van der Waals surface area contributed by atoms with Gasteiger partial charge >= 0.3 is 0 Å². The van der Waals surface area contributed by atoms with Gasteiger partial charge in [0.25, 0.3) is 0 Å². The molecule has 2 aromatic rings. The fourth-order valence-electron chi connectivity index (χ4n) is 3.07. The molecular formula is C19H22N2O. The molecule has 1 saturated heterocycles. The number of anilines is 2. The monoisotopic (exact) mass is 294 g/mol. The third-order valence-electron chi connectivity index (χ3n) is 4.22. The summed E-state index contributed by atoms with van der Waals surface area (Å²) in [5.74, 6) is 0.108. The zero-order valence-electron chi connectivity index (χ0n) is 13.0. The van der Waals surface area contributed by atoms with Gasteiger partial charge in [-0.2, -0.15) is 0 Å². The molecule has 114 valence electrons. The largest absolute Gasteiger partial charge is 0.337 e. The Bertz CT molecular complexity index is 616. The van der Waals surface area contributed by atoms with Gasteiger partial charge in [-0.25, -0.2) is 0 Å². The van der Waals surface area contributed by atoms with Crippen LogP contribution in [0.25, 0.3) is 0 Å². The SMILES string of the molecule is CC(=O)c1ccc(N(c2ccccc2)C2CCCNC2)cc1. The number of para-hydroxylation sites is 1. The van der Waals surface area contributed by atoms with Crippen molar-refractivity contribution in [1.29, 1.82) is 0 Å². The lowest BCUT2D eigenvalue weighted by Gasteiger charge is -2.36. The standard InChI is InChI=1S/C19H22N2O/c1-15(22)16-9-11-18(12-10-16)21(17-6-3-2-4-7-17)19-8-5-13-20-14-19/h2-4,6-7,9-12,19-20H,5,8,13-14H2,1H3. The summed E-state index contributed by atoms with van der Waals surface area (Å²) in [5.41, 5.74) is 3.11. The highest BCUT2D eigenvalue weighted by atomic mass is 16.1. The van der Waals surface area contributed by atoms with E-state index in [-0.39, 0.29) is 5.78 Å². The van der Waals surface area contributed by atoms with E-state index in [2.05, 4.69) is 46.6 Å². The quantitative estimate of drug-likeness (QED) is 0.871. The molecule has 1 N–H and O–H groups in total. The summed E-state index contributed by atoms with van der Waals surface area (Å²) in [7, 11) is 0. The number of carbonyl (C=O) groups excluding carboxylic acids is 1. The van der Waals surface area contributed by atoms with Crippen LogP contribution in [0.3, 0.4) is 0 Å². The highest BCUT2D eigenvalue weighted by Crippen LogP contribution is 2.30. The number of nitrogens with zero attached hydrogens (tertiary/aromatic N) is 1. The number of Topliss-reactive ketones (excluding diaryl/α,β-unsaturated/α-hetero) is 1. The van der Waals surface area contributed by atoms with E-state index >= 15 is 0 Å². The summed E-state index contributed by atoms with van der Waals surface area (Å²) >= 11 is 0. The lowest BCUT2D eigenvalue weighted by molar-refractivity contribution is 0.101. The number of hydrogen-bond acceptors (Lipinski definition) is 3. The molecule has 1 atom stereocenters. The van der Waals surface area contributed by atoms with Crippen molar-refractivity contribution in [3.63, 3.8) is 0 Å². The first kappa shape index (κ1) is 14.8. The minimum atomic E-state index is 0.108. The summed E-state index contributed by atoms with van der Waals surface area (Å²) in [6.45, 7) is 3.70. The van der Waals surface area contributed by atoms with Crippen molar-refractivity contribution in [3.05, 3.63) is 60.2 Å². The number of ketones is 1. The zero-order valence-corrected chi connectivity index (χ0v) is 13.0. The van der Waals surface area contributed by atoms with E-state index in [0.29, 0.717) is 6.04 Å². The molecular weight excluding hydrogens is 272 g/mol. The summed E-state index contributed by atoms with van der Waals surface area (Å²) in [4.78, 5) is 13.9. The molecule has 0 spiro atoms. The predicted molar refractivity (Wildman–Crippen MR) is 90.9 cm³/mol.